The zero-order chi connectivity index (χ0) is 9.05. The third kappa shape index (κ3) is 0.812. The minimum atomic E-state index is 0.380. The molecule has 0 radical (unpaired) electrons. The van der Waals surface area contributed by atoms with Gasteiger partial charge >= 0.3 is 0 Å². The molecule has 0 aromatic carbocycles. The summed E-state index contributed by atoms with van der Waals surface area (Å²) < 4.78 is 0. The van der Waals surface area contributed by atoms with Crippen LogP contribution in [-0.4, -0.2) is 5.78 Å². The summed E-state index contributed by atoms with van der Waals surface area (Å²) in [6, 6.07) is 0. The van der Waals surface area contributed by atoms with Crippen LogP contribution in [0, 0.1) is 23.2 Å². The maximum Gasteiger partial charge on any atom is 0.139 e. The summed E-state index contributed by atoms with van der Waals surface area (Å²) in [5.41, 5.74) is 0.510. The number of ketones is 1. The van der Waals surface area contributed by atoms with Crippen LogP contribution in [-0.2, 0) is 4.79 Å². The summed E-state index contributed by atoms with van der Waals surface area (Å²) in [5.74, 6) is 2.39. The molecule has 13 heavy (non-hydrogen) atoms. The van der Waals surface area contributed by atoms with Gasteiger partial charge in [0, 0.05) is 11.8 Å². The van der Waals surface area contributed by atoms with E-state index in [9.17, 15) is 4.79 Å². The lowest BCUT2D eigenvalue weighted by Gasteiger charge is -2.28. The molecule has 4 unspecified atom stereocenters. The fourth-order valence-electron chi connectivity index (χ4n) is 4.57. The van der Waals surface area contributed by atoms with E-state index >= 15 is 0 Å². The highest BCUT2D eigenvalue weighted by molar-refractivity contribution is 5.87. The van der Waals surface area contributed by atoms with E-state index in [4.69, 9.17) is 0 Å². The summed E-state index contributed by atoms with van der Waals surface area (Å²) in [4.78, 5) is 11.9. The van der Waals surface area contributed by atoms with E-state index in [-0.39, 0.29) is 0 Å². The molecule has 0 saturated heterocycles. The molecule has 0 N–H and O–H groups in total. The Labute approximate surface area is 79.9 Å². The van der Waals surface area contributed by atoms with Gasteiger partial charge in [0.1, 0.15) is 5.78 Å². The van der Waals surface area contributed by atoms with Crippen molar-refractivity contribution in [3.05, 3.63) is 0 Å². The van der Waals surface area contributed by atoms with E-state index in [1.165, 1.54) is 38.5 Å². The average molecular weight is 178 g/mol. The highest BCUT2D eigenvalue weighted by Gasteiger charge is 2.59. The molecule has 3 aliphatic carbocycles. The monoisotopic (exact) mass is 178 g/mol. The Morgan fingerprint density at radius 2 is 2.15 bits per heavy atom. The molecule has 3 rings (SSSR count). The minimum absolute atomic E-state index is 0.380. The van der Waals surface area contributed by atoms with Crippen molar-refractivity contribution < 1.29 is 4.79 Å². The molecule has 0 aromatic heterocycles. The lowest BCUT2D eigenvalue weighted by molar-refractivity contribution is -0.124. The van der Waals surface area contributed by atoms with Gasteiger partial charge in [-0.15, -0.1) is 0 Å². The Morgan fingerprint density at radius 1 is 1.31 bits per heavy atom. The number of hydrogen-bond donors (Lipinski definition) is 0. The molecule has 3 saturated carbocycles. The molecule has 3 aliphatic rings. The number of carbonyl (C=O) groups excluding carboxylic acids is 1. The van der Waals surface area contributed by atoms with Crippen molar-refractivity contribution in [1.82, 2.24) is 0 Å². The highest BCUT2D eigenvalue weighted by Crippen LogP contribution is 2.64. The summed E-state index contributed by atoms with van der Waals surface area (Å²) in [5, 5.41) is 0. The predicted molar refractivity (Wildman–Crippen MR) is 51.3 cm³/mol. The number of hydrogen-bond acceptors (Lipinski definition) is 1. The van der Waals surface area contributed by atoms with Crippen LogP contribution in [0.15, 0.2) is 0 Å². The van der Waals surface area contributed by atoms with Gasteiger partial charge in [0.2, 0.25) is 0 Å². The molecule has 1 spiro atoms. The average Bonchev–Trinajstić information content (AvgIpc) is 2.64. The van der Waals surface area contributed by atoms with Crippen molar-refractivity contribution in [2.75, 3.05) is 0 Å². The Kier molecular flexibility index (Phi) is 1.46. The first kappa shape index (κ1) is 8.02. The third-order valence-corrected chi connectivity index (χ3v) is 5.02. The van der Waals surface area contributed by atoms with Crippen LogP contribution >= 0.6 is 0 Å². The predicted octanol–water partition coefficient (Wildman–Crippen LogP) is 2.79. The molecule has 0 aliphatic heterocycles. The molecule has 3 fully saturated rings. The second-order valence-electron chi connectivity index (χ2n) is 5.46. The van der Waals surface area contributed by atoms with Gasteiger partial charge < -0.3 is 0 Å². The quantitative estimate of drug-likeness (QED) is 0.557. The Bertz CT molecular complexity index is 258. The minimum Gasteiger partial charge on any atom is -0.299 e. The SMILES string of the molecule is CC1CC23CCCC2CCC3C1=O. The molecule has 0 bridgehead atoms. The fourth-order valence-corrected chi connectivity index (χ4v) is 4.57. The second-order valence-corrected chi connectivity index (χ2v) is 5.46. The van der Waals surface area contributed by atoms with Gasteiger partial charge in [-0.05, 0) is 43.4 Å². The number of rotatable bonds is 0. The van der Waals surface area contributed by atoms with Crippen LogP contribution in [0.5, 0.6) is 0 Å². The standard InChI is InChI=1S/C12H18O/c1-8-7-12-6-2-3-9(12)4-5-10(12)11(8)13/h8-10H,2-7H2,1H3. The summed E-state index contributed by atoms with van der Waals surface area (Å²) in [7, 11) is 0. The molecule has 0 amide bonds. The Hall–Kier alpha value is -0.330. The third-order valence-electron chi connectivity index (χ3n) is 5.02. The number of carbonyl (C=O) groups is 1. The van der Waals surface area contributed by atoms with Gasteiger partial charge in [-0.1, -0.05) is 13.3 Å². The van der Waals surface area contributed by atoms with Crippen molar-refractivity contribution in [1.29, 1.82) is 0 Å². The van der Waals surface area contributed by atoms with Gasteiger partial charge in [0.25, 0.3) is 0 Å². The summed E-state index contributed by atoms with van der Waals surface area (Å²) in [6.45, 7) is 2.14. The van der Waals surface area contributed by atoms with Crippen LogP contribution in [0.25, 0.3) is 0 Å². The van der Waals surface area contributed by atoms with Crippen LogP contribution in [0.2, 0.25) is 0 Å². The largest absolute Gasteiger partial charge is 0.299 e. The fraction of sp³-hybridized carbons (Fsp3) is 0.917. The van der Waals surface area contributed by atoms with Gasteiger partial charge in [0.05, 0.1) is 0 Å². The normalized spacial score (nSPS) is 53.9. The maximum atomic E-state index is 11.9. The first-order valence-corrected chi connectivity index (χ1v) is 5.78. The van der Waals surface area contributed by atoms with E-state index in [2.05, 4.69) is 6.92 Å². The number of Topliss-reactive ketones (excluding diaryl/α,β-unsaturated/α-hetero) is 1. The van der Waals surface area contributed by atoms with Gasteiger partial charge in [-0.25, -0.2) is 0 Å². The topological polar surface area (TPSA) is 17.1 Å². The van der Waals surface area contributed by atoms with E-state index in [1.807, 2.05) is 0 Å². The van der Waals surface area contributed by atoms with Crippen LogP contribution in [0.4, 0.5) is 0 Å². The molecule has 0 aromatic rings. The smallest absolute Gasteiger partial charge is 0.139 e. The molecular formula is C12H18O. The van der Waals surface area contributed by atoms with Crippen molar-refractivity contribution in [3.63, 3.8) is 0 Å². The zero-order valence-electron chi connectivity index (χ0n) is 8.38. The molecule has 72 valence electrons. The molecule has 0 heterocycles. The van der Waals surface area contributed by atoms with E-state index in [0.717, 1.165) is 5.92 Å². The van der Waals surface area contributed by atoms with E-state index in [1.54, 1.807) is 0 Å². The summed E-state index contributed by atoms with van der Waals surface area (Å²) >= 11 is 0. The molecule has 1 nitrogen and oxygen atoms in total. The highest BCUT2D eigenvalue weighted by atomic mass is 16.1. The van der Waals surface area contributed by atoms with Crippen molar-refractivity contribution >= 4 is 5.78 Å². The van der Waals surface area contributed by atoms with Gasteiger partial charge in [-0.3, -0.25) is 4.79 Å². The van der Waals surface area contributed by atoms with E-state index in [0.29, 0.717) is 23.0 Å². The Balaban J connectivity index is 2.01. The van der Waals surface area contributed by atoms with E-state index < -0.39 is 0 Å². The van der Waals surface area contributed by atoms with Crippen LogP contribution < -0.4 is 0 Å². The van der Waals surface area contributed by atoms with Gasteiger partial charge in [-0.2, -0.15) is 0 Å². The second kappa shape index (κ2) is 2.37. The first-order chi connectivity index (χ1) is 6.24. The van der Waals surface area contributed by atoms with Crippen LogP contribution in [0.1, 0.15) is 45.4 Å². The van der Waals surface area contributed by atoms with Crippen molar-refractivity contribution in [3.8, 4) is 0 Å². The lowest BCUT2D eigenvalue weighted by Crippen LogP contribution is -2.24. The molecule has 1 heteroatoms. The first-order valence-electron chi connectivity index (χ1n) is 5.78. The van der Waals surface area contributed by atoms with Crippen molar-refractivity contribution in [2.45, 2.75) is 45.4 Å². The molecular weight excluding hydrogens is 160 g/mol. The zero-order valence-corrected chi connectivity index (χ0v) is 8.38. The maximum absolute atomic E-state index is 11.9. The molecule has 4 atom stereocenters. The van der Waals surface area contributed by atoms with Crippen LogP contribution in [0.3, 0.4) is 0 Å². The van der Waals surface area contributed by atoms with Crippen molar-refractivity contribution in [2.24, 2.45) is 23.2 Å². The lowest BCUT2D eigenvalue weighted by atomic mass is 9.75. The van der Waals surface area contributed by atoms with Gasteiger partial charge in [0.15, 0.2) is 0 Å². The Morgan fingerprint density at radius 3 is 3.00 bits per heavy atom. The summed E-state index contributed by atoms with van der Waals surface area (Å²) in [6.07, 6.45) is 7.95.